The number of thioether (sulfide) groups is 1. The Hall–Kier alpha value is -3.20. The highest BCUT2D eigenvalue weighted by Crippen LogP contribution is 2.18. The van der Waals surface area contributed by atoms with Gasteiger partial charge in [-0.25, -0.2) is 0 Å². The smallest absolute Gasteiger partial charge is 0.243 e. The van der Waals surface area contributed by atoms with Crippen LogP contribution in [0.2, 0.25) is 0 Å². The number of hydrogen-bond acceptors (Lipinski definition) is 6. The molecule has 0 atom stereocenters. The van der Waals surface area contributed by atoms with Crippen LogP contribution in [0.15, 0.2) is 53.7 Å². The summed E-state index contributed by atoms with van der Waals surface area (Å²) in [5.74, 6) is -0.438. The van der Waals surface area contributed by atoms with Crippen LogP contribution in [0, 0.1) is 6.92 Å². The van der Waals surface area contributed by atoms with E-state index < -0.39 is 0 Å². The minimum atomic E-state index is -0.271. The first-order valence-electron chi connectivity index (χ1n) is 9.19. The Kier molecular flexibility index (Phi) is 6.96. The molecule has 0 unspecified atom stereocenters. The van der Waals surface area contributed by atoms with Crippen LogP contribution in [-0.2, 0) is 16.0 Å². The fraction of sp³-hybridized carbons (Fsp3) is 0.250. The number of para-hydroxylation sites is 1. The standard InChI is InChI=1S/C20H22N6O2S/c1-3-15-6-4-5-7-17(15)22-18(27)12-21-19(28)13-29-20-23-24-25-26(20)16-10-8-14(2)9-11-16/h4-11H,3,12-13H2,1-2H3,(H,21,28)(H,22,27). The van der Waals surface area contributed by atoms with E-state index in [1.165, 1.54) is 11.8 Å². The summed E-state index contributed by atoms with van der Waals surface area (Å²) in [6, 6.07) is 15.4. The lowest BCUT2D eigenvalue weighted by atomic mass is 10.1. The summed E-state index contributed by atoms with van der Waals surface area (Å²) < 4.78 is 1.58. The monoisotopic (exact) mass is 410 g/mol. The highest BCUT2D eigenvalue weighted by molar-refractivity contribution is 7.99. The third kappa shape index (κ3) is 5.64. The number of amides is 2. The van der Waals surface area contributed by atoms with Gasteiger partial charge in [0, 0.05) is 5.69 Å². The summed E-state index contributed by atoms with van der Waals surface area (Å²) in [5.41, 5.74) is 3.76. The highest BCUT2D eigenvalue weighted by atomic mass is 32.2. The van der Waals surface area contributed by atoms with E-state index in [1.54, 1.807) is 4.68 Å². The molecule has 0 saturated heterocycles. The van der Waals surface area contributed by atoms with Gasteiger partial charge in [0.1, 0.15) is 0 Å². The molecule has 8 nitrogen and oxygen atoms in total. The number of hydrogen-bond donors (Lipinski definition) is 2. The Bertz CT molecular complexity index is 987. The average molecular weight is 411 g/mol. The van der Waals surface area contributed by atoms with E-state index >= 15 is 0 Å². The van der Waals surface area contributed by atoms with Crippen molar-refractivity contribution < 1.29 is 9.59 Å². The Balaban J connectivity index is 1.49. The fourth-order valence-electron chi connectivity index (χ4n) is 2.62. The van der Waals surface area contributed by atoms with Gasteiger partial charge in [0.25, 0.3) is 0 Å². The molecule has 0 saturated carbocycles. The minimum Gasteiger partial charge on any atom is -0.346 e. The van der Waals surface area contributed by atoms with Crippen LogP contribution in [0.3, 0.4) is 0 Å². The van der Waals surface area contributed by atoms with Crippen molar-refractivity contribution in [3.63, 3.8) is 0 Å². The van der Waals surface area contributed by atoms with Crippen molar-refractivity contribution in [1.82, 2.24) is 25.5 Å². The number of tetrazole rings is 1. The molecule has 29 heavy (non-hydrogen) atoms. The van der Waals surface area contributed by atoms with Crippen molar-refractivity contribution in [1.29, 1.82) is 0 Å². The Morgan fingerprint density at radius 2 is 1.83 bits per heavy atom. The SMILES string of the molecule is CCc1ccccc1NC(=O)CNC(=O)CSc1nnnn1-c1ccc(C)cc1. The predicted molar refractivity (Wildman–Crippen MR) is 112 cm³/mol. The van der Waals surface area contributed by atoms with Crippen molar-refractivity contribution >= 4 is 29.3 Å². The third-order valence-corrected chi connectivity index (χ3v) is 5.09. The number of carbonyl (C=O) groups excluding carboxylic acids is 2. The molecule has 9 heteroatoms. The van der Waals surface area contributed by atoms with Crippen LogP contribution in [-0.4, -0.2) is 44.3 Å². The van der Waals surface area contributed by atoms with Crippen LogP contribution in [0.4, 0.5) is 5.69 Å². The number of nitrogens with one attached hydrogen (secondary N) is 2. The average Bonchev–Trinajstić information content (AvgIpc) is 3.20. The van der Waals surface area contributed by atoms with Gasteiger partial charge in [-0.3, -0.25) is 9.59 Å². The van der Waals surface area contributed by atoms with Gasteiger partial charge in [0.2, 0.25) is 17.0 Å². The largest absolute Gasteiger partial charge is 0.346 e. The van der Waals surface area contributed by atoms with Crippen molar-refractivity contribution in [2.75, 3.05) is 17.6 Å². The molecule has 3 rings (SSSR count). The van der Waals surface area contributed by atoms with E-state index in [4.69, 9.17) is 0 Å². The number of anilines is 1. The van der Waals surface area contributed by atoms with Gasteiger partial charge in [-0.15, -0.1) is 5.10 Å². The maximum absolute atomic E-state index is 12.1. The summed E-state index contributed by atoms with van der Waals surface area (Å²) in [5, 5.41) is 17.6. The molecule has 2 aromatic carbocycles. The topological polar surface area (TPSA) is 102 Å². The number of aromatic nitrogens is 4. The molecule has 0 radical (unpaired) electrons. The normalized spacial score (nSPS) is 10.6. The van der Waals surface area contributed by atoms with Crippen molar-refractivity contribution in [2.45, 2.75) is 25.4 Å². The molecule has 0 spiro atoms. The second-order valence-electron chi connectivity index (χ2n) is 6.33. The maximum atomic E-state index is 12.1. The molecule has 2 N–H and O–H groups in total. The quantitative estimate of drug-likeness (QED) is 0.553. The Morgan fingerprint density at radius 3 is 2.59 bits per heavy atom. The fourth-order valence-corrected chi connectivity index (χ4v) is 3.34. The lowest BCUT2D eigenvalue weighted by Gasteiger charge is -2.10. The van der Waals surface area contributed by atoms with E-state index in [0.29, 0.717) is 5.16 Å². The molecule has 3 aromatic rings. The van der Waals surface area contributed by atoms with Crippen molar-refractivity contribution in [3.05, 3.63) is 59.7 Å². The molecule has 0 aliphatic carbocycles. The van der Waals surface area contributed by atoms with E-state index in [0.717, 1.165) is 28.9 Å². The molecule has 0 bridgehead atoms. The second-order valence-corrected chi connectivity index (χ2v) is 7.28. The zero-order valence-electron chi connectivity index (χ0n) is 16.3. The zero-order chi connectivity index (χ0) is 20.6. The van der Waals surface area contributed by atoms with Gasteiger partial charge in [-0.05, 0) is 47.5 Å². The molecule has 2 amide bonds. The summed E-state index contributed by atoms with van der Waals surface area (Å²) >= 11 is 1.21. The second kappa shape index (κ2) is 9.83. The van der Waals surface area contributed by atoms with E-state index in [1.807, 2.05) is 62.4 Å². The molecular formula is C20H22N6O2S. The number of carbonyl (C=O) groups is 2. The predicted octanol–water partition coefficient (Wildman–Crippen LogP) is 2.38. The van der Waals surface area contributed by atoms with Crippen LogP contribution in [0.5, 0.6) is 0 Å². The zero-order valence-corrected chi connectivity index (χ0v) is 17.1. The van der Waals surface area contributed by atoms with E-state index in [9.17, 15) is 9.59 Å². The molecule has 1 aromatic heterocycles. The molecule has 150 valence electrons. The first-order chi connectivity index (χ1) is 14.1. The number of rotatable bonds is 8. The van der Waals surface area contributed by atoms with Crippen molar-refractivity contribution in [2.24, 2.45) is 0 Å². The maximum Gasteiger partial charge on any atom is 0.243 e. The number of nitrogens with zero attached hydrogens (tertiary/aromatic N) is 4. The minimum absolute atomic E-state index is 0.0969. The van der Waals surface area contributed by atoms with Gasteiger partial charge in [-0.2, -0.15) is 4.68 Å². The third-order valence-electron chi connectivity index (χ3n) is 4.17. The van der Waals surface area contributed by atoms with Crippen LogP contribution in [0.1, 0.15) is 18.1 Å². The first-order valence-corrected chi connectivity index (χ1v) is 10.2. The summed E-state index contributed by atoms with van der Waals surface area (Å²) in [4.78, 5) is 24.2. The highest BCUT2D eigenvalue weighted by Gasteiger charge is 2.13. The van der Waals surface area contributed by atoms with Crippen LogP contribution >= 0.6 is 11.8 Å². The van der Waals surface area contributed by atoms with E-state index in [2.05, 4.69) is 26.2 Å². The first kappa shape index (κ1) is 20.5. The molecule has 0 aliphatic heterocycles. The van der Waals surface area contributed by atoms with Crippen LogP contribution < -0.4 is 10.6 Å². The van der Waals surface area contributed by atoms with Crippen LogP contribution in [0.25, 0.3) is 5.69 Å². The molecular weight excluding hydrogens is 388 g/mol. The summed E-state index contributed by atoms with van der Waals surface area (Å²) in [7, 11) is 0. The van der Waals surface area contributed by atoms with E-state index in [-0.39, 0.29) is 24.1 Å². The van der Waals surface area contributed by atoms with Gasteiger partial charge in [0.15, 0.2) is 0 Å². The molecule has 0 fully saturated rings. The van der Waals surface area contributed by atoms with Gasteiger partial charge in [-0.1, -0.05) is 54.6 Å². The number of aryl methyl sites for hydroxylation is 2. The molecule has 1 heterocycles. The number of benzene rings is 2. The Labute approximate surface area is 173 Å². The molecule has 0 aliphatic rings. The van der Waals surface area contributed by atoms with Crippen molar-refractivity contribution in [3.8, 4) is 5.69 Å². The van der Waals surface area contributed by atoms with Gasteiger partial charge >= 0.3 is 0 Å². The Morgan fingerprint density at radius 1 is 1.07 bits per heavy atom. The van der Waals surface area contributed by atoms with Gasteiger partial charge in [0.05, 0.1) is 18.0 Å². The lowest BCUT2D eigenvalue weighted by Crippen LogP contribution is -2.34. The van der Waals surface area contributed by atoms with Gasteiger partial charge < -0.3 is 10.6 Å². The summed E-state index contributed by atoms with van der Waals surface area (Å²) in [6.07, 6.45) is 0.815. The summed E-state index contributed by atoms with van der Waals surface area (Å²) in [6.45, 7) is 3.93. The lowest BCUT2D eigenvalue weighted by molar-refractivity contribution is -0.122.